The molecule has 0 radical (unpaired) electrons. The van der Waals surface area contributed by atoms with Gasteiger partial charge < -0.3 is 0 Å². The lowest BCUT2D eigenvalue weighted by Crippen LogP contribution is -2.63. The SMILES string of the molecule is CCCC1C(=O)NC(=O)N(C(C)(C)CC)C1=O. The molecule has 1 heterocycles. The average molecular weight is 240 g/mol. The molecular formula is C12H20N2O3. The zero-order valence-electron chi connectivity index (χ0n) is 10.9. The van der Waals surface area contributed by atoms with E-state index in [1.165, 1.54) is 4.90 Å². The fourth-order valence-corrected chi connectivity index (χ4v) is 1.89. The van der Waals surface area contributed by atoms with Crippen LogP contribution in [0.2, 0.25) is 0 Å². The molecule has 1 aliphatic rings. The Morgan fingerprint density at radius 1 is 1.24 bits per heavy atom. The van der Waals surface area contributed by atoms with Crippen molar-refractivity contribution < 1.29 is 14.4 Å². The minimum Gasteiger partial charge on any atom is -0.277 e. The summed E-state index contributed by atoms with van der Waals surface area (Å²) in [5.74, 6) is -1.55. The minimum atomic E-state index is -0.719. The van der Waals surface area contributed by atoms with E-state index < -0.39 is 23.4 Å². The maximum atomic E-state index is 12.2. The molecule has 5 nitrogen and oxygen atoms in total. The van der Waals surface area contributed by atoms with Crippen LogP contribution in [0.25, 0.3) is 0 Å². The first-order valence-electron chi connectivity index (χ1n) is 6.04. The van der Waals surface area contributed by atoms with Crippen LogP contribution in [-0.2, 0) is 9.59 Å². The number of amides is 4. The molecule has 0 saturated carbocycles. The topological polar surface area (TPSA) is 66.5 Å². The first kappa shape index (κ1) is 13.7. The van der Waals surface area contributed by atoms with Crippen molar-refractivity contribution in [1.29, 1.82) is 0 Å². The number of hydrogen-bond donors (Lipinski definition) is 1. The van der Waals surface area contributed by atoms with Crippen molar-refractivity contribution in [2.24, 2.45) is 5.92 Å². The van der Waals surface area contributed by atoms with Gasteiger partial charge in [0.2, 0.25) is 11.8 Å². The first-order valence-corrected chi connectivity index (χ1v) is 6.04. The summed E-state index contributed by atoms with van der Waals surface area (Å²) in [6.45, 7) is 7.46. The van der Waals surface area contributed by atoms with Crippen LogP contribution in [0.3, 0.4) is 0 Å². The Bertz CT molecular complexity index is 350. The van der Waals surface area contributed by atoms with Crippen LogP contribution in [0.1, 0.15) is 47.0 Å². The number of rotatable bonds is 4. The van der Waals surface area contributed by atoms with Crippen LogP contribution in [0, 0.1) is 5.92 Å². The highest BCUT2D eigenvalue weighted by atomic mass is 16.2. The van der Waals surface area contributed by atoms with Crippen LogP contribution < -0.4 is 5.32 Å². The van der Waals surface area contributed by atoms with Gasteiger partial charge in [-0.3, -0.25) is 19.8 Å². The number of barbiturate groups is 1. The Morgan fingerprint density at radius 2 is 1.82 bits per heavy atom. The number of urea groups is 1. The van der Waals surface area contributed by atoms with Crippen LogP contribution >= 0.6 is 0 Å². The van der Waals surface area contributed by atoms with Gasteiger partial charge in [-0.15, -0.1) is 0 Å². The number of nitrogens with zero attached hydrogens (tertiary/aromatic N) is 1. The van der Waals surface area contributed by atoms with Crippen LogP contribution in [0.4, 0.5) is 4.79 Å². The van der Waals surface area contributed by atoms with E-state index in [4.69, 9.17) is 0 Å². The predicted molar refractivity (Wildman–Crippen MR) is 63.2 cm³/mol. The van der Waals surface area contributed by atoms with Crippen molar-refractivity contribution in [3.05, 3.63) is 0 Å². The van der Waals surface area contributed by atoms with Crippen molar-refractivity contribution in [2.75, 3.05) is 0 Å². The maximum absolute atomic E-state index is 12.2. The monoisotopic (exact) mass is 240 g/mol. The van der Waals surface area contributed by atoms with Gasteiger partial charge in [0.15, 0.2) is 0 Å². The molecule has 0 aromatic rings. The predicted octanol–water partition coefficient (Wildman–Crippen LogP) is 1.67. The van der Waals surface area contributed by atoms with E-state index in [9.17, 15) is 14.4 Å². The second-order valence-corrected chi connectivity index (χ2v) is 4.98. The van der Waals surface area contributed by atoms with Gasteiger partial charge in [0.25, 0.3) is 0 Å². The Kier molecular flexibility index (Phi) is 3.91. The van der Waals surface area contributed by atoms with E-state index in [1.54, 1.807) is 0 Å². The average Bonchev–Trinajstić information content (AvgIpc) is 2.23. The van der Waals surface area contributed by atoms with Crippen molar-refractivity contribution in [3.63, 3.8) is 0 Å². The van der Waals surface area contributed by atoms with E-state index in [2.05, 4.69) is 5.32 Å². The molecular weight excluding hydrogens is 220 g/mol. The zero-order valence-corrected chi connectivity index (χ0v) is 10.9. The van der Waals surface area contributed by atoms with Crippen LogP contribution in [0.15, 0.2) is 0 Å². The highest BCUT2D eigenvalue weighted by molar-refractivity contribution is 6.16. The molecule has 1 N–H and O–H groups in total. The summed E-state index contributed by atoms with van der Waals surface area (Å²) in [4.78, 5) is 36.7. The van der Waals surface area contributed by atoms with Crippen molar-refractivity contribution >= 4 is 17.8 Å². The molecule has 0 aromatic carbocycles. The number of nitrogens with one attached hydrogen (secondary N) is 1. The quantitative estimate of drug-likeness (QED) is 0.760. The second-order valence-electron chi connectivity index (χ2n) is 4.98. The van der Waals surface area contributed by atoms with Gasteiger partial charge in [-0.2, -0.15) is 0 Å². The normalized spacial score (nSPS) is 21.8. The second kappa shape index (κ2) is 4.85. The molecule has 1 unspecified atom stereocenters. The highest BCUT2D eigenvalue weighted by Gasteiger charge is 2.45. The molecule has 5 heteroatoms. The van der Waals surface area contributed by atoms with E-state index >= 15 is 0 Å². The Hall–Kier alpha value is -1.39. The smallest absolute Gasteiger partial charge is 0.277 e. The summed E-state index contributed by atoms with van der Waals surface area (Å²) in [6, 6.07) is -0.598. The van der Waals surface area contributed by atoms with Gasteiger partial charge in [0.05, 0.1) is 0 Å². The number of carbonyl (C=O) groups is 3. The van der Waals surface area contributed by atoms with E-state index in [0.717, 1.165) is 6.42 Å². The maximum Gasteiger partial charge on any atom is 0.331 e. The first-order chi connectivity index (χ1) is 7.85. The highest BCUT2D eigenvalue weighted by Crippen LogP contribution is 2.25. The van der Waals surface area contributed by atoms with Gasteiger partial charge in [-0.25, -0.2) is 4.79 Å². The number of carbonyl (C=O) groups excluding carboxylic acids is 3. The molecule has 1 saturated heterocycles. The summed E-state index contributed by atoms with van der Waals surface area (Å²) in [5.41, 5.74) is -0.562. The van der Waals surface area contributed by atoms with Gasteiger partial charge in [-0.1, -0.05) is 20.3 Å². The summed E-state index contributed by atoms with van der Waals surface area (Å²) >= 11 is 0. The third-order valence-corrected chi connectivity index (χ3v) is 3.32. The van der Waals surface area contributed by atoms with E-state index in [0.29, 0.717) is 12.8 Å². The largest absolute Gasteiger partial charge is 0.331 e. The summed E-state index contributed by atoms with van der Waals surface area (Å²) < 4.78 is 0. The van der Waals surface area contributed by atoms with E-state index in [-0.39, 0.29) is 5.91 Å². The summed E-state index contributed by atoms with van der Waals surface area (Å²) in [6.07, 6.45) is 1.87. The van der Waals surface area contributed by atoms with Crippen LogP contribution in [-0.4, -0.2) is 28.3 Å². The van der Waals surface area contributed by atoms with Crippen molar-refractivity contribution in [1.82, 2.24) is 10.2 Å². The van der Waals surface area contributed by atoms with Crippen molar-refractivity contribution in [2.45, 2.75) is 52.5 Å². The fraction of sp³-hybridized carbons (Fsp3) is 0.750. The minimum absolute atomic E-state index is 0.368. The molecule has 17 heavy (non-hydrogen) atoms. The van der Waals surface area contributed by atoms with Gasteiger partial charge in [0.1, 0.15) is 5.92 Å². The Morgan fingerprint density at radius 3 is 2.29 bits per heavy atom. The fourth-order valence-electron chi connectivity index (χ4n) is 1.89. The molecule has 0 bridgehead atoms. The van der Waals surface area contributed by atoms with Crippen LogP contribution in [0.5, 0.6) is 0 Å². The Balaban J connectivity index is 3.02. The van der Waals surface area contributed by atoms with Gasteiger partial charge >= 0.3 is 6.03 Å². The lowest BCUT2D eigenvalue weighted by atomic mass is 9.93. The van der Waals surface area contributed by atoms with Gasteiger partial charge in [0, 0.05) is 5.54 Å². The molecule has 1 aliphatic heterocycles. The molecule has 1 rings (SSSR count). The molecule has 0 aliphatic carbocycles. The third kappa shape index (κ3) is 2.48. The lowest BCUT2D eigenvalue weighted by Gasteiger charge is -2.40. The zero-order chi connectivity index (χ0) is 13.2. The Labute approximate surface area is 102 Å². The molecule has 96 valence electrons. The van der Waals surface area contributed by atoms with E-state index in [1.807, 2.05) is 27.7 Å². The third-order valence-electron chi connectivity index (χ3n) is 3.32. The van der Waals surface area contributed by atoms with Crippen molar-refractivity contribution in [3.8, 4) is 0 Å². The molecule has 0 spiro atoms. The molecule has 1 fully saturated rings. The molecule has 4 amide bonds. The summed E-state index contributed by atoms with van der Waals surface area (Å²) in [5, 5.41) is 2.26. The number of imide groups is 2. The molecule has 1 atom stereocenters. The standard InChI is InChI=1S/C12H20N2O3/c1-5-7-8-9(15)13-11(17)14(10(8)16)12(3,4)6-2/h8H,5-7H2,1-4H3,(H,13,15,17). The number of hydrogen-bond acceptors (Lipinski definition) is 3. The van der Waals surface area contributed by atoms with Gasteiger partial charge in [-0.05, 0) is 26.7 Å². The molecule has 0 aromatic heterocycles. The summed E-state index contributed by atoms with van der Waals surface area (Å²) in [7, 11) is 0. The lowest BCUT2D eigenvalue weighted by molar-refractivity contribution is -0.146.